The zero-order chi connectivity index (χ0) is 13.8. The molecule has 0 bridgehead atoms. The number of aromatic nitrogens is 3. The molecule has 20 heavy (non-hydrogen) atoms. The largest absolute Gasteiger partial charge is 0.321 e. The summed E-state index contributed by atoms with van der Waals surface area (Å²) in [5.41, 5.74) is 2.17. The fourth-order valence-corrected chi connectivity index (χ4v) is 2.33. The van der Waals surface area contributed by atoms with Crippen LogP contribution in [-0.2, 0) is 0 Å². The number of hydrogen-bond acceptors (Lipinski definition) is 5. The summed E-state index contributed by atoms with van der Waals surface area (Å²) in [4.78, 5) is 16.7. The zero-order valence-corrected chi connectivity index (χ0v) is 11.2. The average molecular weight is 282 g/mol. The summed E-state index contributed by atoms with van der Waals surface area (Å²) < 4.78 is 3.88. The maximum atomic E-state index is 12.3. The van der Waals surface area contributed by atoms with Crippen molar-refractivity contribution in [3.8, 4) is 11.3 Å². The Morgan fingerprint density at radius 2 is 1.80 bits per heavy atom. The molecule has 0 aliphatic rings. The monoisotopic (exact) mass is 282 g/mol. The van der Waals surface area contributed by atoms with E-state index in [9.17, 15) is 4.79 Å². The number of hydrogen-bond donors (Lipinski definition) is 1. The Balaban J connectivity index is 1.88. The number of carbonyl (C=O) groups is 1. The smallest absolute Gasteiger partial charge is 0.269 e. The lowest BCUT2D eigenvalue weighted by Gasteiger charge is -2.04. The van der Waals surface area contributed by atoms with Crippen LogP contribution in [0.4, 0.5) is 5.69 Å². The number of rotatable bonds is 3. The minimum Gasteiger partial charge on any atom is -0.321 e. The molecular weight excluding hydrogens is 272 g/mol. The fraction of sp³-hybridized carbons (Fsp3) is 0. The Kier molecular flexibility index (Phi) is 3.47. The van der Waals surface area contributed by atoms with E-state index in [0.29, 0.717) is 16.3 Å². The van der Waals surface area contributed by atoms with Gasteiger partial charge in [-0.2, -0.15) is 0 Å². The Hall–Kier alpha value is -2.60. The van der Waals surface area contributed by atoms with E-state index >= 15 is 0 Å². The lowest BCUT2D eigenvalue weighted by Crippen LogP contribution is -2.11. The second-order valence-electron chi connectivity index (χ2n) is 4.01. The van der Waals surface area contributed by atoms with Gasteiger partial charge in [0.25, 0.3) is 5.91 Å². The third-order valence-corrected chi connectivity index (χ3v) is 3.40. The fourth-order valence-electron chi connectivity index (χ4n) is 1.75. The number of nitrogens with zero attached hydrogens (tertiary/aromatic N) is 3. The van der Waals surface area contributed by atoms with Gasteiger partial charge in [0.1, 0.15) is 10.6 Å². The molecular formula is C14H10N4OS. The number of benzene rings is 1. The normalized spacial score (nSPS) is 10.2. The molecule has 1 N–H and O–H groups in total. The van der Waals surface area contributed by atoms with Crippen LogP contribution in [0.3, 0.4) is 0 Å². The lowest BCUT2D eigenvalue weighted by molar-refractivity contribution is 0.103. The van der Waals surface area contributed by atoms with Gasteiger partial charge in [0, 0.05) is 23.6 Å². The van der Waals surface area contributed by atoms with E-state index in [1.807, 2.05) is 30.3 Å². The predicted octanol–water partition coefficient (Wildman–Crippen LogP) is 2.85. The molecule has 2 aromatic heterocycles. The number of pyridine rings is 1. The van der Waals surface area contributed by atoms with Crippen molar-refractivity contribution >= 4 is 23.1 Å². The molecule has 0 fully saturated rings. The lowest BCUT2D eigenvalue weighted by atomic mass is 10.1. The van der Waals surface area contributed by atoms with Crippen LogP contribution in [-0.4, -0.2) is 20.5 Å². The average Bonchev–Trinajstić information content (AvgIpc) is 2.99. The Bertz CT molecular complexity index is 712. The Morgan fingerprint density at radius 3 is 2.55 bits per heavy atom. The van der Waals surface area contributed by atoms with Crippen molar-refractivity contribution < 1.29 is 4.79 Å². The molecule has 3 rings (SSSR count). The highest BCUT2D eigenvalue weighted by Gasteiger charge is 2.17. The summed E-state index contributed by atoms with van der Waals surface area (Å²) in [6, 6.07) is 13.0. The summed E-state index contributed by atoms with van der Waals surface area (Å²) in [5.74, 6) is -0.218. The molecule has 0 unspecified atom stereocenters. The molecule has 0 atom stereocenters. The molecule has 0 radical (unpaired) electrons. The third kappa shape index (κ3) is 2.55. The van der Waals surface area contributed by atoms with Gasteiger partial charge < -0.3 is 5.32 Å². The molecule has 3 aromatic rings. The van der Waals surface area contributed by atoms with Crippen LogP contribution in [0.2, 0.25) is 0 Å². The van der Waals surface area contributed by atoms with Gasteiger partial charge in [-0.25, -0.2) is 0 Å². The minimum absolute atomic E-state index is 0.218. The number of anilines is 1. The molecule has 0 aliphatic carbocycles. The quantitative estimate of drug-likeness (QED) is 0.802. The van der Waals surface area contributed by atoms with Gasteiger partial charge >= 0.3 is 0 Å². The number of nitrogens with one attached hydrogen (secondary N) is 1. The first-order valence-electron chi connectivity index (χ1n) is 5.94. The van der Waals surface area contributed by atoms with Crippen molar-refractivity contribution in [3.63, 3.8) is 0 Å². The van der Waals surface area contributed by atoms with Gasteiger partial charge in [-0.1, -0.05) is 34.8 Å². The molecule has 1 amide bonds. The molecule has 98 valence electrons. The molecule has 0 saturated heterocycles. The summed E-state index contributed by atoms with van der Waals surface area (Å²) >= 11 is 1.08. The predicted molar refractivity (Wildman–Crippen MR) is 77.5 cm³/mol. The molecule has 0 spiro atoms. The number of amides is 1. The molecule has 5 nitrogen and oxygen atoms in total. The first-order valence-corrected chi connectivity index (χ1v) is 6.71. The van der Waals surface area contributed by atoms with Gasteiger partial charge in [-0.05, 0) is 23.7 Å². The van der Waals surface area contributed by atoms with Crippen molar-refractivity contribution in [1.29, 1.82) is 0 Å². The van der Waals surface area contributed by atoms with E-state index in [0.717, 1.165) is 17.1 Å². The standard InChI is InChI=1S/C14H10N4OS/c19-14(16-11-6-8-15-9-7-11)13-12(17-18-20-13)10-4-2-1-3-5-10/h1-9H,(H,15,16,19). The maximum Gasteiger partial charge on any atom is 0.269 e. The highest BCUT2D eigenvalue weighted by Crippen LogP contribution is 2.24. The van der Waals surface area contributed by atoms with Crippen molar-refractivity contribution in [2.75, 3.05) is 5.32 Å². The third-order valence-electron chi connectivity index (χ3n) is 2.68. The van der Waals surface area contributed by atoms with Crippen LogP contribution < -0.4 is 5.32 Å². The van der Waals surface area contributed by atoms with Crippen LogP contribution in [0.15, 0.2) is 54.9 Å². The van der Waals surface area contributed by atoms with E-state index in [2.05, 4.69) is 19.9 Å². The topological polar surface area (TPSA) is 67.8 Å². The van der Waals surface area contributed by atoms with Crippen molar-refractivity contribution in [2.24, 2.45) is 0 Å². The first kappa shape index (κ1) is 12.4. The molecule has 6 heteroatoms. The van der Waals surface area contributed by atoms with Crippen molar-refractivity contribution in [3.05, 3.63) is 59.7 Å². The van der Waals surface area contributed by atoms with Gasteiger partial charge in [0.2, 0.25) is 0 Å². The zero-order valence-electron chi connectivity index (χ0n) is 10.4. The number of carbonyl (C=O) groups excluding carboxylic acids is 1. The summed E-state index contributed by atoms with van der Waals surface area (Å²) in [6.45, 7) is 0. The second kappa shape index (κ2) is 5.58. The molecule has 1 aromatic carbocycles. The SMILES string of the molecule is O=C(Nc1ccncc1)c1snnc1-c1ccccc1. The van der Waals surface area contributed by atoms with E-state index in [1.54, 1.807) is 24.5 Å². The van der Waals surface area contributed by atoms with Crippen molar-refractivity contribution in [1.82, 2.24) is 14.6 Å². The van der Waals surface area contributed by atoms with Gasteiger partial charge in [0.05, 0.1) is 0 Å². The molecule has 2 heterocycles. The van der Waals surface area contributed by atoms with Crippen LogP contribution in [0.5, 0.6) is 0 Å². The Labute approximate surface area is 119 Å². The van der Waals surface area contributed by atoms with Crippen molar-refractivity contribution in [2.45, 2.75) is 0 Å². The van der Waals surface area contributed by atoms with E-state index in [4.69, 9.17) is 0 Å². The van der Waals surface area contributed by atoms with Crippen LogP contribution in [0, 0.1) is 0 Å². The Morgan fingerprint density at radius 1 is 1.05 bits per heavy atom. The second-order valence-corrected chi connectivity index (χ2v) is 4.76. The molecule has 0 aliphatic heterocycles. The summed E-state index contributed by atoms with van der Waals surface area (Å²) in [7, 11) is 0. The summed E-state index contributed by atoms with van der Waals surface area (Å²) in [5, 5.41) is 6.85. The van der Waals surface area contributed by atoms with Crippen LogP contribution in [0.1, 0.15) is 9.67 Å². The van der Waals surface area contributed by atoms with Gasteiger partial charge in [-0.3, -0.25) is 9.78 Å². The first-order chi connectivity index (χ1) is 9.84. The van der Waals surface area contributed by atoms with E-state index in [-0.39, 0.29) is 5.91 Å². The van der Waals surface area contributed by atoms with Crippen LogP contribution >= 0.6 is 11.5 Å². The highest BCUT2D eigenvalue weighted by atomic mass is 32.1. The molecule has 0 saturated carbocycles. The van der Waals surface area contributed by atoms with E-state index < -0.39 is 0 Å². The van der Waals surface area contributed by atoms with Gasteiger partial charge in [-0.15, -0.1) is 5.10 Å². The van der Waals surface area contributed by atoms with E-state index in [1.165, 1.54) is 0 Å². The highest BCUT2D eigenvalue weighted by molar-refractivity contribution is 7.08. The maximum absolute atomic E-state index is 12.3. The summed E-state index contributed by atoms with van der Waals surface area (Å²) in [6.07, 6.45) is 3.25. The van der Waals surface area contributed by atoms with Crippen LogP contribution in [0.25, 0.3) is 11.3 Å². The minimum atomic E-state index is -0.218. The van der Waals surface area contributed by atoms with Gasteiger partial charge in [0.15, 0.2) is 0 Å².